The van der Waals surface area contributed by atoms with Crippen molar-refractivity contribution in [3.63, 3.8) is 0 Å². The summed E-state index contributed by atoms with van der Waals surface area (Å²) in [6, 6.07) is 17.8. The SMILES string of the molecule is Cn1cncc1CC(O)OCc1ccc(OCc2ccccc2)cc1. The Morgan fingerprint density at radius 3 is 2.40 bits per heavy atom. The molecule has 0 bridgehead atoms. The Balaban J connectivity index is 1.45. The van der Waals surface area contributed by atoms with Gasteiger partial charge in [0.05, 0.1) is 12.9 Å². The first-order valence-corrected chi connectivity index (χ1v) is 8.21. The third-order valence-electron chi connectivity index (χ3n) is 3.91. The molecule has 5 heteroatoms. The fraction of sp³-hybridized carbons (Fsp3) is 0.250. The summed E-state index contributed by atoms with van der Waals surface area (Å²) in [6.07, 6.45) is 2.99. The fourth-order valence-electron chi connectivity index (χ4n) is 2.43. The van der Waals surface area contributed by atoms with Crippen molar-refractivity contribution in [3.05, 3.63) is 83.9 Å². The van der Waals surface area contributed by atoms with Gasteiger partial charge in [-0.2, -0.15) is 0 Å². The largest absolute Gasteiger partial charge is 0.489 e. The number of aryl methyl sites for hydroxylation is 1. The maximum Gasteiger partial charge on any atom is 0.160 e. The minimum absolute atomic E-state index is 0.345. The van der Waals surface area contributed by atoms with Crippen LogP contribution in [0.15, 0.2) is 67.1 Å². The molecule has 3 rings (SSSR count). The number of benzene rings is 2. The zero-order chi connectivity index (χ0) is 17.5. The molecule has 130 valence electrons. The summed E-state index contributed by atoms with van der Waals surface area (Å²) in [5.41, 5.74) is 3.04. The van der Waals surface area contributed by atoms with Crippen LogP contribution in [0.5, 0.6) is 5.75 Å². The zero-order valence-corrected chi connectivity index (χ0v) is 14.2. The van der Waals surface area contributed by atoms with E-state index in [0.717, 1.165) is 22.6 Å². The lowest BCUT2D eigenvalue weighted by Crippen LogP contribution is -2.16. The van der Waals surface area contributed by atoms with Gasteiger partial charge in [0, 0.05) is 25.4 Å². The highest BCUT2D eigenvalue weighted by Gasteiger charge is 2.09. The number of aliphatic hydroxyl groups excluding tert-OH is 1. The van der Waals surface area contributed by atoms with E-state index in [1.54, 1.807) is 12.5 Å². The standard InChI is InChI=1S/C20H22N2O3/c1-22-15-21-12-18(22)11-20(23)25-14-17-7-9-19(10-8-17)24-13-16-5-3-2-4-6-16/h2-10,12,15,20,23H,11,13-14H2,1H3. The van der Waals surface area contributed by atoms with E-state index in [1.165, 1.54) is 0 Å². The van der Waals surface area contributed by atoms with Gasteiger partial charge in [0.1, 0.15) is 12.4 Å². The predicted molar refractivity (Wildman–Crippen MR) is 94.9 cm³/mol. The first kappa shape index (κ1) is 17.2. The average molecular weight is 338 g/mol. The van der Waals surface area contributed by atoms with Crippen LogP contribution in [0.3, 0.4) is 0 Å². The van der Waals surface area contributed by atoms with Gasteiger partial charge in [-0.3, -0.25) is 0 Å². The molecule has 1 heterocycles. The van der Waals surface area contributed by atoms with Crippen LogP contribution < -0.4 is 4.74 Å². The van der Waals surface area contributed by atoms with E-state index >= 15 is 0 Å². The normalized spacial score (nSPS) is 12.1. The second-order valence-electron chi connectivity index (χ2n) is 5.88. The Morgan fingerprint density at radius 2 is 1.72 bits per heavy atom. The highest BCUT2D eigenvalue weighted by Crippen LogP contribution is 2.15. The summed E-state index contributed by atoms with van der Waals surface area (Å²) in [5.74, 6) is 0.808. The molecule has 0 aliphatic heterocycles. The Morgan fingerprint density at radius 1 is 1.00 bits per heavy atom. The third-order valence-corrected chi connectivity index (χ3v) is 3.91. The summed E-state index contributed by atoms with van der Waals surface area (Å²) >= 11 is 0. The van der Waals surface area contributed by atoms with Crippen LogP contribution in [0.4, 0.5) is 0 Å². The van der Waals surface area contributed by atoms with Crippen molar-refractivity contribution in [1.29, 1.82) is 0 Å². The highest BCUT2D eigenvalue weighted by atomic mass is 16.6. The van der Waals surface area contributed by atoms with Crippen molar-refractivity contribution < 1.29 is 14.6 Å². The number of imidazole rings is 1. The van der Waals surface area contributed by atoms with Gasteiger partial charge >= 0.3 is 0 Å². The molecule has 1 N–H and O–H groups in total. The molecule has 0 spiro atoms. The number of hydrogen-bond donors (Lipinski definition) is 1. The molecule has 0 aliphatic carbocycles. The van der Waals surface area contributed by atoms with Crippen LogP contribution in [0, 0.1) is 0 Å². The van der Waals surface area contributed by atoms with Crippen molar-refractivity contribution in [2.45, 2.75) is 25.9 Å². The van der Waals surface area contributed by atoms with Crippen molar-refractivity contribution in [1.82, 2.24) is 9.55 Å². The topological polar surface area (TPSA) is 56.5 Å². The molecule has 2 aromatic carbocycles. The molecular weight excluding hydrogens is 316 g/mol. The third kappa shape index (κ3) is 5.17. The summed E-state index contributed by atoms with van der Waals surface area (Å²) < 4.78 is 13.1. The van der Waals surface area contributed by atoms with Gasteiger partial charge in [-0.15, -0.1) is 0 Å². The summed E-state index contributed by atoms with van der Waals surface area (Å²) in [5, 5.41) is 9.98. The molecule has 0 saturated carbocycles. The molecule has 0 saturated heterocycles. The van der Waals surface area contributed by atoms with E-state index in [9.17, 15) is 5.11 Å². The van der Waals surface area contributed by atoms with Gasteiger partial charge in [0.15, 0.2) is 6.29 Å². The Bertz CT molecular complexity index is 769. The van der Waals surface area contributed by atoms with Crippen LogP contribution in [-0.4, -0.2) is 20.9 Å². The number of aliphatic hydroxyl groups is 1. The maximum absolute atomic E-state index is 9.98. The van der Waals surface area contributed by atoms with E-state index < -0.39 is 6.29 Å². The first-order valence-electron chi connectivity index (χ1n) is 8.21. The molecule has 0 radical (unpaired) electrons. The molecule has 1 unspecified atom stereocenters. The number of nitrogens with zero attached hydrogens (tertiary/aromatic N) is 2. The molecule has 0 aliphatic rings. The van der Waals surface area contributed by atoms with E-state index in [1.807, 2.05) is 66.2 Å². The van der Waals surface area contributed by atoms with Gasteiger partial charge in [0.2, 0.25) is 0 Å². The van der Waals surface area contributed by atoms with Crippen molar-refractivity contribution in [3.8, 4) is 5.75 Å². The van der Waals surface area contributed by atoms with Gasteiger partial charge in [-0.05, 0) is 23.3 Å². The number of hydrogen-bond acceptors (Lipinski definition) is 4. The molecule has 5 nitrogen and oxygen atoms in total. The summed E-state index contributed by atoms with van der Waals surface area (Å²) in [6.45, 7) is 0.887. The van der Waals surface area contributed by atoms with Crippen molar-refractivity contribution in [2.24, 2.45) is 7.05 Å². The number of rotatable bonds is 8. The van der Waals surface area contributed by atoms with E-state index in [-0.39, 0.29) is 0 Å². The van der Waals surface area contributed by atoms with E-state index in [2.05, 4.69) is 4.98 Å². The van der Waals surface area contributed by atoms with Gasteiger partial charge < -0.3 is 19.1 Å². The van der Waals surface area contributed by atoms with E-state index in [4.69, 9.17) is 9.47 Å². The fourth-order valence-corrected chi connectivity index (χ4v) is 2.43. The predicted octanol–water partition coefficient (Wildman–Crippen LogP) is 3.08. The minimum atomic E-state index is -0.857. The average Bonchev–Trinajstić information content (AvgIpc) is 3.04. The second kappa shape index (κ2) is 8.46. The molecular formula is C20H22N2O3. The van der Waals surface area contributed by atoms with Crippen LogP contribution >= 0.6 is 0 Å². The van der Waals surface area contributed by atoms with Gasteiger partial charge in [0.25, 0.3) is 0 Å². The molecule has 1 aromatic heterocycles. The second-order valence-corrected chi connectivity index (χ2v) is 5.88. The molecule has 1 atom stereocenters. The Labute approximate surface area is 147 Å². The molecule has 0 fully saturated rings. The monoisotopic (exact) mass is 338 g/mol. The van der Waals surface area contributed by atoms with Crippen molar-refractivity contribution >= 4 is 0 Å². The highest BCUT2D eigenvalue weighted by molar-refractivity contribution is 5.27. The number of ether oxygens (including phenoxy) is 2. The van der Waals surface area contributed by atoms with Gasteiger partial charge in [-0.25, -0.2) is 4.98 Å². The Kier molecular flexibility index (Phi) is 5.82. The molecule has 25 heavy (non-hydrogen) atoms. The molecule has 0 amide bonds. The maximum atomic E-state index is 9.98. The van der Waals surface area contributed by atoms with Crippen LogP contribution in [0.1, 0.15) is 16.8 Å². The zero-order valence-electron chi connectivity index (χ0n) is 14.2. The smallest absolute Gasteiger partial charge is 0.160 e. The van der Waals surface area contributed by atoms with Crippen LogP contribution in [0.2, 0.25) is 0 Å². The first-order chi connectivity index (χ1) is 12.2. The Hall–Kier alpha value is -2.63. The van der Waals surface area contributed by atoms with Crippen LogP contribution in [0.25, 0.3) is 0 Å². The van der Waals surface area contributed by atoms with Gasteiger partial charge in [-0.1, -0.05) is 42.5 Å². The summed E-state index contributed by atoms with van der Waals surface area (Å²) in [4.78, 5) is 4.02. The lowest BCUT2D eigenvalue weighted by atomic mass is 10.2. The van der Waals surface area contributed by atoms with Crippen LogP contribution in [-0.2, 0) is 31.4 Å². The number of aromatic nitrogens is 2. The lowest BCUT2D eigenvalue weighted by Gasteiger charge is -2.13. The molecule has 3 aromatic rings. The van der Waals surface area contributed by atoms with E-state index in [0.29, 0.717) is 19.6 Å². The lowest BCUT2D eigenvalue weighted by molar-refractivity contribution is -0.107. The van der Waals surface area contributed by atoms with Crippen molar-refractivity contribution in [2.75, 3.05) is 0 Å². The summed E-state index contributed by atoms with van der Waals surface area (Å²) in [7, 11) is 1.89. The quantitative estimate of drug-likeness (QED) is 0.641. The minimum Gasteiger partial charge on any atom is -0.489 e.